The van der Waals surface area contributed by atoms with E-state index in [0.29, 0.717) is 23.6 Å². The van der Waals surface area contributed by atoms with Crippen molar-refractivity contribution in [2.24, 2.45) is 0 Å². The van der Waals surface area contributed by atoms with E-state index < -0.39 is 17.1 Å². The Morgan fingerprint density at radius 1 is 1.21 bits per heavy atom. The Kier molecular flexibility index (Phi) is 6.00. The molecule has 3 amide bonds. The third kappa shape index (κ3) is 4.72. The predicted molar refractivity (Wildman–Crippen MR) is 107 cm³/mol. The van der Waals surface area contributed by atoms with Gasteiger partial charge < -0.3 is 15.2 Å². The minimum atomic E-state index is -0.541. The van der Waals surface area contributed by atoms with Crippen LogP contribution in [-0.4, -0.2) is 40.2 Å². The quantitative estimate of drug-likeness (QED) is 0.724. The molecule has 1 saturated heterocycles. The highest BCUT2D eigenvalue weighted by molar-refractivity contribution is 8.18. The average molecular weight is 398 g/mol. The van der Waals surface area contributed by atoms with Gasteiger partial charge in [0.1, 0.15) is 18.0 Å². The number of hydrogen-bond donors (Lipinski definition) is 2. The number of imide groups is 1. The second-order valence-corrected chi connectivity index (χ2v) is 6.86. The summed E-state index contributed by atoms with van der Waals surface area (Å²) < 4.78 is 5.33. The van der Waals surface area contributed by atoms with E-state index in [-0.39, 0.29) is 17.2 Å². The van der Waals surface area contributed by atoms with Crippen LogP contribution in [0.15, 0.2) is 53.4 Å². The smallest absolute Gasteiger partial charge is 0.294 e. The van der Waals surface area contributed by atoms with E-state index in [0.717, 1.165) is 16.7 Å². The molecule has 144 valence electrons. The highest BCUT2D eigenvalue weighted by Gasteiger charge is 2.36. The lowest BCUT2D eigenvalue weighted by Crippen LogP contribution is -2.36. The molecular formula is C20H18N2O5S. The fraction of sp³-hybridized carbons (Fsp3) is 0.150. The zero-order valence-electron chi connectivity index (χ0n) is 15.0. The number of ether oxygens (including phenoxy) is 1. The van der Waals surface area contributed by atoms with E-state index in [1.807, 2.05) is 6.92 Å². The molecular weight excluding hydrogens is 380 g/mol. The zero-order valence-corrected chi connectivity index (χ0v) is 15.9. The number of carbonyl (C=O) groups excluding carboxylic acids is 3. The molecule has 0 aliphatic carbocycles. The van der Waals surface area contributed by atoms with E-state index >= 15 is 0 Å². The van der Waals surface area contributed by atoms with Crippen LogP contribution in [0.2, 0.25) is 0 Å². The molecule has 2 N–H and O–H groups in total. The van der Waals surface area contributed by atoms with Crippen molar-refractivity contribution in [1.29, 1.82) is 0 Å². The summed E-state index contributed by atoms with van der Waals surface area (Å²) in [6.07, 6.45) is 1.51. The topological polar surface area (TPSA) is 95.9 Å². The first-order valence-corrected chi connectivity index (χ1v) is 9.35. The van der Waals surface area contributed by atoms with Crippen molar-refractivity contribution in [2.75, 3.05) is 18.5 Å². The summed E-state index contributed by atoms with van der Waals surface area (Å²) in [7, 11) is 0. The molecule has 1 aliphatic rings. The van der Waals surface area contributed by atoms with Gasteiger partial charge in [0.15, 0.2) is 0 Å². The third-order valence-corrected chi connectivity index (χ3v) is 4.70. The maximum absolute atomic E-state index is 12.5. The number of nitrogens with one attached hydrogen (secondary N) is 1. The molecule has 1 heterocycles. The van der Waals surface area contributed by atoms with Gasteiger partial charge >= 0.3 is 0 Å². The molecule has 0 radical (unpaired) electrons. The van der Waals surface area contributed by atoms with Crippen LogP contribution in [0.4, 0.5) is 10.5 Å². The number of carbonyl (C=O) groups is 3. The van der Waals surface area contributed by atoms with Crippen LogP contribution in [0, 0.1) is 0 Å². The summed E-state index contributed by atoms with van der Waals surface area (Å²) in [6.45, 7) is 2.04. The number of aromatic hydroxyl groups is 1. The van der Waals surface area contributed by atoms with Crippen LogP contribution >= 0.6 is 11.8 Å². The Hall–Kier alpha value is -3.26. The van der Waals surface area contributed by atoms with E-state index in [1.165, 1.54) is 18.2 Å². The van der Waals surface area contributed by atoms with Crippen molar-refractivity contribution in [2.45, 2.75) is 6.92 Å². The standard InChI is InChI=1S/C20H18N2O5S/c1-2-27-16-8-6-14(7-9-16)21-18(24)12-22-19(25)17(28-20(22)26)11-13-4-3-5-15(23)10-13/h3-11,23H,2,12H2,1H3,(H,21,24)/b17-11+. The largest absolute Gasteiger partial charge is 0.508 e. The van der Waals surface area contributed by atoms with Gasteiger partial charge in [-0.15, -0.1) is 0 Å². The van der Waals surface area contributed by atoms with Crippen molar-refractivity contribution in [3.05, 3.63) is 59.0 Å². The number of phenolic OH excluding ortho intramolecular Hbond substituents is 1. The first kappa shape index (κ1) is 19.5. The van der Waals surface area contributed by atoms with Gasteiger partial charge in [-0.05, 0) is 66.7 Å². The second kappa shape index (κ2) is 8.62. The van der Waals surface area contributed by atoms with Gasteiger partial charge in [0.2, 0.25) is 5.91 Å². The molecule has 28 heavy (non-hydrogen) atoms. The first-order chi connectivity index (χ1) is 13.5. The van der Waals surface area contributed by atoms with Crippen molar-refractivity contribution in [3.63, 3.8) is 0 Å². The highest BCUT2D eigenvalue weighted by atomic mass is 32.2. The molecule has 8 heteroatoms. The van der Waals surface area contributed by atoms with Gasteiger partial charge in [0.25, 0.3) is 11.1 Å². The zero-order chi connectivity index (χ0) is 20.1. The molecule has 1 fully saturated rings. The minimum Gasteiger partial charge on any atom is -0.508 e. The number of hydrogen-bond acceptors (Lipinski definition) is 6. The maximum atomic E-state index is 12.5. The molecule has 0 spiro atoms. The van der Waals surface area contributed by atoms with E-state index in [1.54, 1.807) is 36.4 Å². The SMILES string of the molecule is CCOc1ccc(NC(=O)CN2C(=O)S/C(=C/c3cccc(O)c3)C2=O)cc1. The van der Waals surface area contributed by atoms with Crippen LogP contribution in [0.5, 0.6) is 11.5 Å². The van der Waals surface area contributed by atoms with Gasteiger partial charge in [-0.2, -0.15) is 0 Å². The summed E-state index contributed by atoms with van der Waals surface area (Å²) in [5.74, 6) is -0.281. The molecule has 2 aromatic carbocycles. The minimum absolute atomic E-state index is 0.0581. The van der Waals surface area contributed by atoms with Gasteiger partial charge in [-0.3, -0.25) is 19.3 Å². The lowest BCUT2D eigenvalue weighted by Gasteiger charge is -2.12. The summed E-state index contributed by atoms with van der Waals surface area (Å²) in [5, 5.41) is 11.6. The predicted octanol–water partition coefficient (Wildman–Crippen LogP) is 3.47. The fourth-order valence-electron chi connectivity index (χ4n) is 2.55. The van der Waals surface area contributed by atoms with E-state index in [4.69, 9.17) is 4.74 Å². The summed E-state index contributed by atoms with van der Waals surface area (Å²) in [5.41, 5.74) is 1.13. The number of benzene rings is 2. The molecule has 0 atom stereocenters. The molecule has 3 rings (SSSR count). The van der Waals surface area contributed by atoms with Gasteiger partial charge in [0, 0.05) is 5.69 Å². The Morgan fingerprint density at radius 3 is 2.64 bits per heavy atom. The Balaban J connectivity index is 1.64. The van der Waals surface area contributed by atoms with Crippen LogP contribution < -0.4 is 10.1 Å². The second-order valence-electron chi connectivity index (χ2n) is 5.87. The van der Waals surface area contributed by atoms with Gasteiger partial charge in [0.05, 0.1) is 11.5 Å². The van der Waals surface area contributed by atoms with Gasteiger partial charge in [-0.1, -0.05) is 12.1 Å². The summed E-state index contributed by atoms with van der Waals surface area (Å²) in [4.78, 5) is 37.9. The molecule has 7 nitrogen and oxygen atoms in total. The van der Waals surface area contributed by atoms with Crippen LogP contribution in [0.1, 0.15) is 12.5 Å². The molecule has 1 aliphatic heterocycles. The summed E-state index contributed by atoms with van der Waals surface area (Å²) >= 11 is 0.759. The number of thioether (sulfide) groups is 1. The van der Waals surface area contributed by atoms with Gasteiger partial charge in [-0.25, -0.2) is 0 Å². The van der Waals surface area contributed by atoms with Crippen molar-refractivity contribution in [3.8, 4) is 11.5 Å². The molecule has 0 aromatic heterocycles. The normalized spacial score (nSPS) is 15.2. The van der Waals surface area contributed by atoms with E-state index in [9.17, 15) is 19.5 Å². The molecule has 2 aromatic rings. The number of nitrogens with zero attached hydrogens (tertiary/aromatic N) is 1. The average Bonchev–Trinajstić information content (AvgIpc) is 2.91. The fourth-order valence-corrected chi connectivity index (χ4v) is 3.39. The molecule has 0 bridgehead atoms. The maximum Gasteiger partial charge on any atom is 0.294 e. The Bertz CT molecular complexity index is 940. The molecule has 0 saturated carbocycles. The van der Waals surface area contributed by atoms with Crippen LogP contribution in [0.25, 0.3) is 6.08 Å². The number of amides is 3. The van der Waals surface area contributed by atoms with Crippen molar-refractivity contribution >= 4 is 40.6 Å². The lowest BCUT2D eigenvalue weighted by atomic mass is 10.2. The van der Waals surface area contributed by atoms with E-state index in [2.05, 4.69) is 5.32 Å². The Morgan fingerprint density at radius 2 is 1.96 bits per heavy atom. The highest BCUT2D eigenvalue weighted by Crippen LogP contribution is 2.32. The van der Waals surface area contributed by atoms with Crippen LogP contribution in [0.3, 0.4) is 0 Å². The van der Waals surface area contributed by atoms with Crippen LogP contribution in [-0.2, 0) is 9.59 Å². The van der Waals surface area contributed by atoms with Crippen molar-refractivity contribution in [1.82, 2.24) is 4.90 Å². The molecule has 0 unspecified atom stereocenters. The number of anilines is 1. The monoisotopic (exact) mass is 398 g/mol. The first-order valence-electron chi connectivity index (χ1n) is 8.53. The number of phenols is 1. The Labute approximate surface area is 166 Å². The number of rotatable bonds is 6. The van der Waals surface area contributed by atoms with Crippen molar-refractivity contribution < 1.29 is 24.2 Å². The lowest BCUT2D eigenvalue weighted by molar-refractivity contribution is -0.127. The summed E-state index contributed by atoms with van der Waals surface area (Å²) in [6, 6.07) is 13.1. The third-order valence-electron chi connectivity index (χ3n) is 3.79.